The minimum absolute atomic E-state index is 0.0140. The van der Waals surface area contributed by atoms with Gasteiger partial charge in [0, 0.05) is 24.5 Å². The summed E-state index contributed by atoms with van der Waals surface area (Å²) < 4.78 is 16.5. The van der Waals surface area contributed by atoms with Crippen molar-refractivity contribution in [3.63, 3.8) is 0 Å². The van der Waals surface area contributed by atoms with Crippen molar-refractivity contribution < 1.29 is 33.4 Å². The number of pyridine rings is 1. The highest BCUT2D eigenvalue weighted by molar-refractivity contribution is 6.39. The first-order chi connectivity index (χ1) is 16.9. The average Bonchev–Trinajstić information content (AvgIpc) is 3.19. The van der Waals surface area contributed by atoms with Crippen molar-refractivity contribution in [2.24, 2.45) is 0 Å². The summed E-state index contributed by atoms with van der Waals surface area (Å²) in [5.41, 5.74) is 1.14. The molecule has 0 saturated carbocycles. The van der Waals surface area contributed by atoms with E-state index in [4.69, 9.17) is 25.8 Å². The number of cyclic esters (lactones) is 1. The normalized spacial score (nSPS) is 20.9. The molecule has 0 spiro atoms. The van der Waals surface area contributed by atoms with Crippen LogP contribution in [0.2, 0.25) is 5.02 Å². The van der Waals surface area contributed by atoms with Gasteiger partial charge in [0.15, 0.2) is 0 Å². The van der Waals surface area contributed by atoms with Crippen LogP contribution in [0, 0.1) is 0 Å². The number of nitrogens with one attached hydrogen (secondary N) is 2. The second-order valence-corrected chi connectivity index (χ2v) is 8.38. The molecule has 2 fully saturated rings. The Bertz CT molecular complexity index is 1190. The molecule has 2 atom stereocenters. The Morgan fingerprint density at radius 3 is 2.80 bits per heavy atom. The van der Waals surface area contributed by atoms with Crippen molar-refractivity contribution in [2.45, 2.75) is 12.1 Å². The summed E-state index contributed by atoms with van der Waals surface area (Å²) in [5.74, 6) is -1.38. The van der Waals surface area contributed by atoms with E-state index in [1.54, 1.807) is 23.1 Å². The Labute approximate surface area is 204 Å². The molecular weight excluding hydrogens is 482 g/mol. The predicted octanol–water partition coefficient (Wildman–Crippen LogP) is 0.939. The third-order valence-electron chi connectivity index (χ3n) is 5.76. The van der Waals surface area contributed by atoms with Crippen LogP contribution in [0.4, 0.5) is 22.0 Å². The molecule has 13 heteroatoms. The Kier molecular flexibility index (Phi) is 6.14. The van der Waals surface area contributed by atoms with Gasteiger partial charge in [-0.3, -0.25) is 19.3 Å². The molecule has 2 N–H and O–H groups in total. The molecule has 0 aliphatic carbocycles. The molecule has 4 heterocycles. The van der Waals surface area contributed by atoms with Gasteiger partial charge in [-0.2, -0.15) is 0 Å². The van der Waals surface area contributed by atoms with Crippen molar-refractivity contribution in [1.29, 1.82) is 0 Å². The zero-order valence-electron chi connectivity index (χ0n) is 18.2. The number of benzene rings is 1. The smallest absolute Gasteiger partial charge is 0.415 e. The molecule has 0 radical (unpaired) electrons. The maximum Gasteiger partial charge on any atom is 0.415 e. The summed E-state index contributed by atoms with van der Waals surface area (Å²) >= 11 is 5.75. The third-order valence-corrected chi connectivity index (χ3v) is 5.98. The lowest BCUT2D eigenvalue weighted by Crippen LogP contribution is -2.49. The monoisotopic (exact) mass is 501 g/mol. The van der Waals surface area contributed by atoms with Gasteiger partial charge in [0.1, 0.15) is 36.9 Å². The van der Waals surface area contributed by atoms with Gasteiger partial charge in [-0.05, 0) is 24.3 Å². The number of amides is 4. The predicted molar refractivity (Wildman–Crippen MR) is 123 cm³/mol. The van der Waals surface area contributed by atoms with Gasteiger partial charge in [0.25, 0.3) is 5.91 Å². The van der Waals surface area contributed by atoms with Crippen molar-refractivity contribution in [1.82, 2.24) is 10.3 Å². The van der Waals surface area contributed by atoms with Gasteiger partial charge >= 0.3 is 17.9 Å². The van der Waals surface area contributed by atoms with Crippen LogP contribution < -0.4 is 25.2 Å². The fourth-order valence-electron chi connectivity index (χ4n) is 4.05. The zero-order chi connectivity index (χ0) is 24.5. The summed E-state index contributed by atoms with van der Waals surface area (Å²) in [6.07, 6.45) is 0.00926. The molecule has 182 valence electrons. The molecular formula is C22H20ClN5O7. The molecule has 3 aliphatic heterocycles. The summed E-state index contributed by atoms with van der Waals surface area (Å²) in [5, 5.41) is 5.22. The van der Waals surface area contributed by atoms with Gasteiger partial charge < -0.3 is 29.7 Å². The van der Waals surface area contributed by atoms with Crippen LogP contribution in [-0.2, 0) is 23.9 Å². The number of aromatic nitrogens is 1. The van der Waals surface area contributed by atoms with Crippen molar-refractivity contribution >= 4 is 52.6 Å². The number of fused-ring (bicyclic) bond motifs is 3. The number of carbonyl (C=O) groups excluding carboxylic acids is 4. The number of hydrogen-bond donors (Lipinski definition) is 2. The minimum Gasteiger partial charge on any atom is -0.489 e. The van der Waals surface area contributed by atoms with E-state index in [2.05, 4.69) is 15.6 Å². The van der Waals surface area contributed by atoms with Gasteiger partial charge in [0.2, 0.25) is 0 Å². The lowest BCUT2D eigenvalue weighted by atomic mass is 10.1. The first-order valence-electron chi connectivity index (χ1n) is 10.8. The third kappa shape index (κ3) is 4.57. The highest BCUT2D eigenvalue weighted by atomic mass is 35.5. The molecule has 0 bridgehead atoms. The number of rotatable bonds is 4. The minimum atomic E-state index is -0.920. The Balaban J connectivity index is 1.22. The van der Waals surface area contributed by atoms with Crippen LogP contribution >= 0.6 is 11.6 Å². The standard InChI is InChI=1S/C22H20ClN5O7/c23-12-1-4-18(24-8-12)26-21(31)20(30)25-9-17-15-10-34-16-7-13(27-5-6-33-11-19(27)29)2-3-14(16)28(15)22(32)35-17/h1-4,7-8,15,17H,5-6,9-11H2,(H,25,30)(H,24,26,31)/t15-,17-/m0/s1. The number of morpholine rings is 1. The molecule has 0 unspecified atom stereocenters. The van der Waals surface area contributed by atoms with Crippen molar-refractivity contribution in [3.8, 4) is 5.75 Å². The second-order valence-electron chi connectivity index (χ2n) is 7.95. The maximum absolute atomic E-state index is 12.6. The van der Waals surface area contributed by atoms with E-state index in [-0.39, 0.29) is 31.5 Å². The van der Waals surface area contributed by atoms with E-state index in [9.17, 15) is 19.2 Å². The molecule has 12 nitrogen and oxygen atoms in total. The molecule has 2 saturated heterocycles. The Morgan fingerprint density at radius 1 is 1.17 bits per heavy atom. The van der Waals surface area contributed by atoms with Crippen LogP contribution in [0.5, 0.6) is 5.75 Å². The highest BCUT2D eigenvalue weighted by Crippen LogP contribution is 2.41. The van der Waals surface area contributed by atoms with E-state index < -0.39 is 30.1 Å². The lowest BCUT2D eigenvalue weighted by molar-refractivity contribution is -0.136. The van der Waals surface area contributed by atoms with Crippen LogP contribution in [0.25, 0.3) is 0 Å². The fourth-order valence-corrected chi connectivity index (χ4v) is 4.16. The summed E-state index contributed by atoms with van der Waals surface area (Å²) in [6, 6.07) is 7.59. The van der Waals surface area contributed by atoms with Gasteiger partial charge in [-0.25, -0.2) is 9.78 Å². The quantitative estimate of drug-likeness (QED) is 0.590. The average molecular weight is 502 g/mol. The van der Waals surface area contributed by atoms with Gasteiger partial charge in [-0.1, -0.05) is 11.6 Å². The molecule has 5 rings (SSSR count). The first kappa shape index (κ1) is 22.9. The fraction of sp³-hybridized carbons (Fsp3) is 0.318. The number of carbonyl (C=O) groups is 4. The van der Waals surface area contributed by atoms with Crippen molar-refractivity contribution in [2.75, 3.05) is 48.0 Å². The highest BCUT2D eigenvalue weighted by Gasteiger charge is 2.46. The van der Waals surface area contributed by atoms with Crippen LogP contribution in [0.3, 0.4) is 0 Å². The molecule has 2 aromatic rings. The van der Waals surface area contributed by atoms with Crippen molar-refractivity contribution in [3.05, 3.63) is 41.6 Å². The SMILES string of the molecule is O=C(NC[C@@H]1OC(=O)N2c3ccc(N4CCOCC4=O)cc3OC[C@@H]12)C(=O)Nc1ccc(Cl)cn1. The number of nitrogens with zero attached hydrogens (tertiary/aromatic N) is 3. The maximum atomic E-state index is 12.6. The Hall–Kier alpha value is -3.90. The van der Waals surface area contributed by atoms with Crippen LogP contribution in [0.1, 0.15) is 0 Å². The van der Waals surface area contributed by atoms with Gasteiger partial charge in [0.05, 0.1) is 23.9 Å². The largest absolute Gasteiger partial charge is 0.489 e. The molecule has 35 heavy (non-hydrogen) atoms. The molecule has 4 amide bonds. The second kappa shape index (κ2) is 9.39. The number of anilines is 3. The molecule has 1 aromatic carbocycles. The first-order valence-corrected chi connectivity index (χ1v) is 11.1. The van der Waals surface area contributed by atoms with Gasteiger partial charge in [-0.15, -0.1) is 0 Å². The zero-order valence-corrected chi connectivity index (χ0v) is 19.0. The van der Waals surface area contributed by atoms with E-state index in [0.29, 0.717) is 35.3 Å². The summed E-state index contributed by atoms with van der Waals surface area (Å²) in [6.45, 7) is 0.897. The summed E-state index contributed by atoms with van der Waals surface area (Å²) in [7, 11) is 0. The number of ether oxygens (including phenoxy) is 3. The molecule has 3 aliphatic rings. The molecule has 1 aromatic heterocycles. The van der Waals surface area contributed by atoms with E-state index in [1.165, 1.54) is 23.2 Å². The summed E-state index contributed by atoms with van der Waals surface area (Å²) in [4.78, 5) is 56.1. The Morgan fingerprint density at radius 2 is 2.03 bits per heavy atom. The number of hydrogen-bond acceptors (Lipinski definition) is 8. The van der Waals surface area contributed by atoms with Crippen LogP contribution in [-0.4, -0.2) is 73.9 Å². The van der Waals surface area contributed by atoms with E-state index in [0.717, 1.165) is 0 Å². The topological polar surface area (TPSA) is 139 Å². The van der Waals surface area contributed by atoms with E-state index >= 15 is 0 Å². The van der Waals surface area contributed by atoms with Crippen LogP contribution in [0.15, 0.2) is 36.5 Å². The number of halogens is 1. The lowest BCUT2D eigenvalue weighted by Gasteiger charge is -2.33. The van der Waals surface area contributed by atoms with E-state index in [1.807, 2.05) is 0 Å².